The fraction of sp³-hybridized carbons (Fsp3) is 0. The Morgan fingerprint density at radius 1 is 0.417 bits per heavy atom. The van der Waals surface area contributed by atoms with E-state index in [0.717, 1.165) is 5.56 Å². The maximum absolute atomic E-state index is 3.77. The first-order chi connectivity index (χ1) is 11.8. The third-order valence-corrected chi connectivity index (χ3v) is 3.84. The summed E-state index contributed by atoms with van der Waals surface area (Å²) in [7, 11) is 0. The van der Waals surface area contributed by atoms with E-state index in [4.69, 9.17) is 0 Å². The van der Waals surface area contributed by atoms with Crippen molar-refractivity contribution in [3.63, 3.8) is 0 Å². The van der Waals surface area contributed by atoms with Crippen LogP contribution in [0, 0.1) is 0 Å². The standard InChI is InChI=1S/C24H20/c1-2-20-8-10-22(11-9-20)14-15-24-18-16-23(17-19-24)13-12-21-6-4-3-5-7-21/h2-19H,1H2/b13-12+,15-14+. The summed E-state index contributed by atoms with van der Waals surface area (Å²) in [5, 5.41) is 0. The predicted molar refractivity (Wildman–Crippen MR) is 107 cm³/mol. The Morgan fingerprint density at radius 2 is 0.750 bits per heavy atom. The van der Waals surface area contributed by atoms with E-state index in [1.54, 1.807) is 0 Å². The van der Waals surface area contributed by atoms with E-state index < -0.39 is 0 Å². The highest BCUT2D eigenvalue weighted by atomic mass is 14.0. The lowest BCUT2D eigenvalue weighted by Gasteiger charge is -1.98. The third-order valence-electron chi connectivity index (χ3n) is 3.84. The molecule has 0 fully saturated rings. The zero-order valence-corrected chi connectivity index (χ0v) is 13.6. The summed E-state index contributed by atoms with van der Waals surface area (Å²) in [5.74, 6) is 0. The Balaban J connectivity index is 1.66. The molecule has 0 saturated carbocycles. The van der Waals surface area contributed by atoms with E-state index in [2.05, 4.69) is 104 Å². The van der Waals surface area contributed by atoms with Crippen LogP contribution in [0.3, 0.4) is 0 Å². The number of benzene rings is 3. The molecule has 0 aromatic heterocycles. The molecule has 0 radical (unpaired) electrons. The zero-order chi connectivity index (χ0) is 16.6. The SMILES string of the molecule is C=Cc1ccc(/C=C/c2ccc(/C=C/c3ccccc3)cc2)cc1. The summed E-state index contributed by atoms with van der Waals surface area (Å²) >= 11 is 0. The highest BCUT2D eigenvalue weighted by Gasteiger charge is 1.91. The van der Waals surface area contributed by atoms with Crippen molar-refractivity contribution in [2.45, 2.75) is 0 Å². The Labute approximate surface area is 144 Å². The van der Waals surface area contributed by atoms with Gasteiger partial charge in [-0.25, -0.2) is 0 Å². The molecule has 3 aromatic rings. The normalized spacial score (nSPS) is 11.2. The first kappa shape index (κ1) is 15.8. The molecule has 0 aliphatic heterocycles. The van der Waals surface area contributed by atoms with Gasteiger partial charge in [0, 0.05) is 0 Å². The molecular formula is C24H20. The minimum absolute atomic E-state index is 1.14. The van der Waals surface area contributed by atoms with Crippen LogP contribution in [0.15, 0.2) is 85.4 Å². The molecule has 0 saturated heterocycles. The topological polar surface area (TPSA) is 0 Å². The predicted octanol–water partition coefficient (Wildman–Crippen LogP) is 6.67. The summed E-state index contributed by atoms with van der Waals surface area (Å²) < 4.78 is 0. The van der Waals surface area contributed by atoms with Crippen molar-refractivity contribution in [3.8, 4) is 0 Å². The van der Waals surface area contributed by atoms with Gasteiger partial charge in [-0.05, 0) is 27.8 Å². The lowest BCUT2D eigenvalue weighted by atomic mass is 10.1. The van der Waals surface area contributed by atoms with E-state index in [1.807, 2.05) is 12.1 Å². The summed E-state index contributed by atoms with van der Waals surface area (Å²) in [4.78, 5) is 0. The van der Waals surface area contributed by atoms with Gasteiger partial charge >= 0.3 is 0 Å². The van der Waals surface area contributed by atoms with Gasteiger partial charge in [0.05, 0.1) is 0 Å². The maximum Gasteiger partial charge on any atom is -0.0256 e. The molecule has 0 atom stereocenters. The van der Waals surface area contributed by atoms with Gasteiger partial charge in [-0.2, -0.15) is 0 Å². The first-order valence-electron chi connectivity index (χ1n) is 8.07. The molecule has 24 heavy (non-hydrogen) atoms. The summed E-state index contributed by atoms with van der Waals surface area (Å²) in [5.41, 5.74) is 5.94. The van der Waals surface area contributed by atoms with Crippen LogP contribution in [-0.4, -0.2) is 0 Å². The van der Waals surface area contributed by atoms with Gasteiger partial charge in [-0.1, -0.05) is 116 Å². The molecule has 0 nitrogen and oxygen atoms in total. The van der Waals surface area contributed by atoms with Gasteiger partial charge in [0.25, 0.3) is 0 Å². The molecule has 0 aliphatic rings. The van der Waals surface area contributed by atoms with Gasteiger partial charge < -0.3 is 0 Å². The van der Waals surface area contributed by atoms with Gasteiger partial charge in [-0.15, -0.1) is 0 Å². The summed E-state index contributed by atoms with van der Waals surface area (Å²) in [6, 6.07) is 27.2. The van der Waals surface area contributed by atoms with Crippen LogP contribution in [0.5, 0.6) is 0 Å². The van der Waals surface area contributed by atoms with E-state index >= 15 is 0 Å². The quantitative estimate of drug-likeness (QED) is 0.462. The highest BCUT2D eigenvalue weighted by Crippen LogP contribution is 2.13. The van der Waals surface area contributed by atoms with Crippen LogP contribution in [0.25, 0.3) is 30.4 Å². The molecule has 0 spiro atoms. The molecule has 0 heteroatoms. The Morgan fingerprint density at radius 3 is 1.12 bits per heavy atom. The van der Waals surface area contributed by atoms with Crippen molar-refractivity contribution in [1.82, 2.24) is 0 Å². The lowest BCUT2D eigenvalue weighted by molar-refractivity contribution is 1.61. The van der Waals surface area contributed by atoms with Gasteiger partial charge in [0.2, 0.25) is 0 Å². The largest absolute Gasteiger partial charge is 0.0985 e. The van der Waals surface area contributed by atoms with Crippen LogP contribution in [0.1, 0.15) is 27.8 Å². The Kier molecular flexibility index (Phi) is 5.21. The second-order valence-electron chi connectivity index (χ2n) is 5.61. The second-order valence-corrected chi connectivity index (χ2v) is 5.61. The van der Waals surface area contributed by atoms with Crippen molar-refractivity contribution >= 4 is 30.4 Å². The summed E-state index contributed by atoms with van der Waals surface area (Å²) in [6.45, 7) is 3.77. The van der Waals surface area contributed by atoms with Crippen molar-refractivity contribution in [3.05, 3.63) is 113 Å². The van der Waals surface area contributed by atoms with E-state index in [1.165, 1.54) is 22.3 Å². The molecule has 0 heterocycles. The molecule has 0 amide bonds. The average molecular weight is 308 g/mol. The minimum Gasteiger partial charge on any atom is -0.0985 e. The maximum atomic E-state index is 3.77. The van der Waals surface area contributed by atoms with E-state index in [0.29, 0.717) is 0 Å². The molecule has 3 aromatic carbocycles. The fourth-order valence-electron chi connectivity index (χ4n) is 2.41. The van der Waals surface area contributed by atoms with Crippen LogP contribution in [0.4, 0.5) is 0 Å². The molecule has 3 rings (SSSR count). The van der Waals surface area contributed by atoms with Crippen LogP contribution < -0.4 is 0 Å². The smallest absolute Gasteiger partial charge is 0.0256 e. The molecule has 0 bridgehead atoms. The molecule has 116 valence electrons. The van der Waals surface area contributed by atoms with Gasteiger partial charge in [0.15, 0.2) is 0 Å². The number of hydrogen-bond donors (Lipinski definition) is 0. The zero-order valence-electron chi connectivity index (χ0n) is 13.6. The van der Waals surface area contributed by atoms with E-state index in [-0.39, 0.29) is 0 Å². The van der Waals surface area contributed by atoms with Gasteiger partial charge in [-0.3, -0.25) is 0 Å². The van der Waals surface area contributed by atoms with Crippen LogP contribution in [-0.2, 0) is 0 Å². The van der Waals surface area contributed by atoms with Crippen LogP contribution >= 0.6 is 0 Å². The average Bonchev–Trinajstić information content (AvgIpc) is 2.67. The Hall–Kier alpha value is -3.12. The first-order valence-corrected chi connectivity index (χ1v) is 8.07. The third kappa shape index (κ3) is 4.44. The number of hydrogen-bond acceptors (Lipinski definition) is 0. The van der Waals surface area contributed by atoms with E-state index in [9.17, 15) is 0 Å². The van der Waals surface area contributed by atoms with Crippen molar-refractivity contribution in [2.24, 2.45) is 0 Å². The lowest BCUT2D eigenvalue weighted by Crippen LogP contribution is -1.76. The Bertz CT molecular complexity index is 833. The molecule has 0 unspecified atom stereocenters. The van der Waals surface area contributed by atoms with Crippen molar-refractivity contribution in [1.29, 1.82) is 0 Å². The second kappa shape index (κ2) is 7.94. The van der Waals surface area contributed by atoms with Crippen molar-refractivity contribution < 1.29 is 0 Å². The molecule has 0 N–H and O–H groups in total. The summed E-state index contributed by atoms with van der Waals surface area (Å²) in [6.07, 6.45) is 10.4. The highest BCUT2D eigenvalue weighted by molar-refractivity contribution is 5.73. The fourth-order valence-corrected chi connectivity index (χ4v) is 2.41. The molecular weight excluding hydrogens is 288 g/mol. The monoisotopic (exact) mass is 308 g/mol. The van der Waals surface area contributed by atoms with Crippen molar-refractivity contribution in [2.75, 3.05) is 0 Å². The minimum atomic E-state index is 1.14. The van der Waals surface area contributed by atoms with Gasteiger partial charge in [0.1, 0.15) is 0 Å². The number of rotatable bonds is 5. The van der Waals surface area contributed by atoms with Crippen LogP contribution in [0.2, 0.25) is 0 Å². The molecule has 0 aliphatic carbocycles.